The maximum Gasteiger partial charge on any atom is 0.244 e. The summed E-state index contributed by atoms with van der Waals surface area (Å²) in [6, 6.07) is 0. The molecule has 0 aromatic heterocycles. The van der Waals surface area contributed by atoms with Crippen molar-refractivity contribution in [3.8, 4) is 0 Å². The van der Waals surface area contributed by atoms with Crippen LogP contribution in [-0.4, -0.2) is 22.6 Å². The highest BCUT2D eigenvalue weighted by Crippen LogP contribution is 2.11. The molecule has 0 bridgehead atoms. The van der Waals surface area contributed by atoms with Crippen molar-refractivity contribution < 1.29 is 9.59 Å². The van der Waals surface area contributed by atoms with Gasteiger partial charge in [-0.15, -0.1) is 9.24 Å². The van der Waals surface area contributed by atoms with Crippen molar-refractivity contribution in [3.05, 3.63) is 0 Å². The lowest BCUT2D eigenvalue weighted by Gasteiger charge is -2.19. The third kappa shape index (κ3) is 2.02. The van der Waals surface area contributed by atoms with Crippen LogP contribution in [0, 0.1) is 0 Å². The summed E-state index contributed by atoms with van der Waals surface area (Å²) in [7, 11) is 2.54. The molecule has 0 saturated carbocycles. The predicted molar refractivity (Wildman–Crippen MR) is 48.0 cm³/mol. The molecule has 5 heteroatoms. The molecule has 0 aliphatic carbocycles. The summed E-state index contributed by atoms with van der Waals surface area (Å²) in [5, 5.41) is 1.13. The predicted octanol–water partition coefficient (Wildman–Crippen LogP) is 0.251. The average molecular weight is 188 g/mol. The molecule has 1 N–H and O–H groups in total. The first-order valence-corrected chi connectivity index (χ1v) is 4.69. The van der Waals surface area contributed by atoms with Gasteiger partial charge >= 0.3 is 0 Å². The van der Waals surface area contributed by atoms with Gasteiger partial charge in [-0.25, -0.2) is 10.4 Å². The third-order valence-electron chi connectivity index (χ3n) is 1.79. The number of carbonyl (C=O) groups is 2. The van der Waals surface area contributed by atoms with Gasteiger partial charge < -0.3 is 0 Å². The summed E-state index contributed by atoms with van der Waals surface area (Å²) in [4.78, 5) is 22.1. The van der Waals surface area contributed by atoms with Crippen LogP contribution in [0.4, 0.5) is 0 Å². The van der Waals surface area contributed by atoms with Crippen molar-refractivity contribution in [1.82, 2.24) is 10.4 Å². The van der Waals surface area contributed by atoms with E-state index in [4.69, 9.17) is 0 Å². The monoisotopic (exact) mass is 188 g/mol. The number of hydrogen-bond donors (Lipinski definition) is 1. The van der Waals surface area contributed by atoms with Crippen molar-refractivity contribution in [2.24, 2.45) is 0 Å². The van der Waals surface area contributed by atoms with E-state index < -0.39 is 0 Å². The minimum absolute atomic E-state index is 0.0935. The summed E-state index contributed by atoms with van der Waals surface area (Å²) in [5.74, 6) is -0.155. The van der Waals surface area contributed by atoms with E-state index in [0.29, 0.717) is 12.8 Å². The Labute approximate surface area is 73.9 Å². The summed E-state index contributed by atoms with van der Waals surface area (Å²) >= 11 is 0. The number of nitrogens with zero attached hydrogens (tertiary/aromatic N) is 1. The van der Waals surface area contributed by atoms with Gasteiger partial charge in [0.2, 0.25) is 11.8 Å². The minimum atomic E-state index is -0.124. The van der Waals surface area contributed by atoms with Gasteiger partial charge in [0.25, 0.3) is 0 Å². The fourth-order valence-electron chi connectivity index (χ4n) is 0.978. The fraction of sp³-hybridized carbons (Fsp3) is 0.714. The second-order valence-corrected chi connectivity index (χ2v) is 3.57. The fourth-order valence-corrected chi connectivity index (χ4v) is 1.13. The van der Waals surface area contributed by atoms with E-state index >= 15 is 0 Å². The number of carbonyl (C=O) groups excluding carboxylic acids is 2. The Bertz CT molecular complexity index is 192. The topological polar surface area (TPSA) is 49.4 Å². The van der Waals surface area contributed by atoms with Crippen molar-refractivity contribution >= 4 is 21.1 Å². The molecular formula is C7H13N2O2P. The van der Waals surface area contributed by atoms with Crippen LogP contribution in [0.3, 0.4) is 0 Å². The number of hydrazine groups is 1. The van der Waals surface area contributed by atoms with Gasteiger partial charge in [-0.05, 0) is 6.42 Å². The van der Waals surface area contributed by atoms with E-state index in [0.717, 1.165) is 11.4 Å². The molecule has 68 valence electrons. The van der Waals surface area contributed by atoms with E-state index in [1.165, 1.54) is 0 Å². The van der Waals surface area contributed by atoms with E-state index in [1.54, 1.807) is 0 Å². The van der Waals surface area contributed by atoms with Gasteiger partial charge in [0.15, 0.2) is 0 Å². The Hall–Kier alpha value is -0.470. The number of rotatable bonds is 3. The lowest BCUT2D eigenvalue weighted by molar-refractivity contribution is -0.142. The summed E-state index contributed by atoms with van der Waals surface area (Å²) in [5.41, 5.74) is 2.83. The number of amides is 2. The van der Waals surface area contributed by atoms with Gasteiger partial charge in [-0.1, -0.05) is 6.92 Å². The zero-order valence-electron chi connectivity index (χ0n) is 7.04. The van der Waals surface area contributed by atoms with Crippen LogP contribution in [0.2, 0.25) is 0 Å². The van der Waals surface area contributed by atoms with Crippen LogP contribution in [0.1, 0.15) is 26.2 Å². The third-order valence-corrected chi connectivity index (χ3v) is 2.41. The normalized spacial score (nSPS) is 20.3. The molecular weight excluding hydrogens is 175 g/mol. The largest absolute Gasteiger partial charge is 0.273 e. The molecule has 1 saturated heterocycles. The second kappa shape index (κ2) is 3.97. The molecule has 4 nitrogen and oxygen atoms in total. The quantitative estimate of drug-likeness (QED) is 0.510. The van der Waals surface area contributed by atoms with Crippen LogP contribution < -0.4 is 5.43 Å². The van der Waals surface area contributed by atoms with Gasteiger partial charge in [0, 0.05) is 18.6 Å². The van der Waals surface area contributed by atoms with Crippen molar-refractivity contribution in [3.63, 3.8) is 0 Å². The molecule has 1 rings (SSSR count). The van der Waals surface area contributed by atoms with Crippen LogP contribution in [0.15, 0.2) is 0 Å². The molecule has 1 fully saturated rings. The van der Waals surface area contributed by atoms with Crippen LogP contribution in [0.5, 0.6) is 0 Å². The summed E-state index contributed by atoms with van der Waals surface area (Å²) < 4.78 is 0. The smallest absolute Gasteiger partial charge is 0.244 e. The molecule has 12 heavy (non-hydrogen) atoms. The lowest BCUT2D eigenvalue weighted by Crippen LogP contribution is -2.45. The summed E-state index contributed by atoms with van der Waals surface area (Å²) in [6.45, 7) is 1.98. The Kier molecular flexibility index (Phi) is 3.18. The molecule has 0 aromatic carbocycles. The highest BCUT2D eigenvalue weighted by Gasteiger charge is 2.29. The van der Waals surface area contributed by atoms with Crippen molar-refractivity contribution in [2.45, 2.75) is 32.0 Å². The Morgan fingerprint density at radius 2 is 2.00 bits per heavy atom. The molecule has 2 unspecified atom stereocenters. The zero-order chi connectivity index (χ0) is 9.14. The molecule has 1 aliphatic rings. The second-order valence-electron chi connectivity index (χ2n) is 2.77. The molecule has 0 aromatic rings. The van der Waals surface area contributed by atoms with E-state index in [2.05, 4.69) is 14.7 Å². The zero-order valence-corrected chi connectivity index (χ0v) is 8.19. The average Bonchev–Trinajstić information content (AvgIpc) is 2.35. The number of hydrogen-bond acceptors (Lipinski definition) is 3. The standard InChI is InChI=1S/C7H13N2O2P/c1-2-5(12)8-9-6(10)3-4-7(9)11/h5,8H,2-4,12H2,1H3. The molecule has 0 radical (unpaired) electrons. The minimum Gasteiger partial charge on any atom is -0.273 e. The first-order chi connectivity index (χ1) is 5.65. The van der Waals surface area contributed by atoms with Crippen molar-refractivity contribution in [1.29, 1.82) is 0 Å². The van der Waals surface area contributed by atoms with Gasteiger partial charge in [-0.3, -0.25) is 9.59 Å². The first-order valence-electron chi connectivity index (χ1n) is 4.02. The molecule has 2 atom stereocenters. The Morgan fingerprint density at radius 3 is 2.42 bits per heavy atom. The maximum atomic E-state index is 11.1. The van der Waals surface area contributed by atoms with Gasteiger partial charge in [0.1, 0.15) is 0 Å². The maximum absolute atomic E-state index is 11.1. The number of nitrogens with one attached hydrogen (secondary N) is 1. The van der Waals surface area contributed by atoms with Gasteiger partial charge in [0.05, 0.1) is 0 Å². The van der Waals surface area contributed by atoms with E-state index in [-0.39, 0.29) is 17.6 Å². The Morgan fingerprint density at radius 1 is 1.50 bits per heavy atom. The van der Waals surface area contributed by atoms with Crippen LogP contribution in [-0.2, 0) is 9.59 Å². The molecule has 1 heterocycles. The first kappa shape index (κ1) is 9.62. The number of imide groups is 1. The highest BCUT2D eigenvalue weighted by molar-refractivity contribution is 7.17. The summed E-state index contributed by atoms with van der Waals surface area (Å²) in [6.07, 6.45) is 1.54. The van der Waals surface area contributed by atoms with Gasteiger partial charge in [-0.2, -0.15) is 0 Å². The molecule has 1 aliphatic heterocycles. The SMILES string of the molecule is CCC(P)NN1C(=O)CCC1=O. The lowest BCUT2D eigenvalue weighted by atomic mass is 10.4. The van der Waals surface area contributed by atoms with Crippen LogP contribution in [0.25, 0.3) is 0 Å². The highest BCUT2D eigenvalue weighted by atomic mass is 31.0. The van der Waals surface area contributed by atoms with Crippen LogP contribution >= 0.6 is 9.24 Å². The molecule has 0 spiro atoms. The van der Waals surface area contributed by atoms with E-state index in [9.17, 15) is 9.59 Å². The molecule has 2 amide bonds. The van der Waals surface area contributed by atoms with Crippen molar-refractivity contribution in [2.75, 3.05) is 0 Å². The Balaban J connectivity index is 2.50. The van der Waals surface area contributed by atoms with E-state index in [1.807, 2.05) is 6.92 Å².